The number of phenols is 1. The number of H-pyrrole nitrogens is 1. The van der Waals surface area contributed by atoms with Crippen molar-refractivity contribution in [1.82, 2.24) is 29.1 Å². The number of carbonyl (C=O) groups is 1. The van der Waals surface area contributed by atoms with Crippen molar-refractivity contribution in [2.45, 2.75) is 55.2 Å². The van der Waals surface area contributed by atoms with E-state index in [2.05, 4.69) is 19.9 Å². The van der Waals surface area contributed by atoms with Crippen molar-refractivity contribution >= 4 is 49.0 Å². The van der Waals surface area contributed by atoms with Crippen LogP contribution in [-0.4, -0.2) is 88.8 Å². The molecule has 2 bridgehead atoms. The van der Waals surface area contributed by atoms with Gasteiger partial charge in [0.25, 0.3) is 5.56 Å². The third-order valence-corrected chi connectivity index (χ3v) is 15.0. The van der Waals surface area contributed by atoms with E-state index in [4.69, 9.17) is 38.0 Å². The fraction of sp³-hybridized carbons (Fsp3) is 0.282. The number of aromatic nitrogens is 6. The number of aromatic amines is 1. The maximum atomic E-state index is 16.9. The molecule has 64 heavy (non-hydrogen) atoms. The minimum Gasteiger partial charge on any atom is -0.508 e. The highest BCUT2D eigenvalue weighted by molar-refractivity contribution is 8.54. The number of phosphoric ester groups is 1. The Labute approximate surface area is 364 Å². The highest BCUT2D eigenvalue weighted by Crippen LogP contribution is 2.64. The number of nitrogens with two attached hydrogens (primary N) is 1. The van der Waals surface area contributed by atoms with E-state index in [9.17, 15) is 33.5 Å². The smallest absolute Gasteiger partial charge is 0.472 e. The first kappa shape index (κ1) is 43.7. The van der Waals surface area contributed by atoms with Crippen LogP contribution in [0.3, 0.4) is 0 Å². The number of hydrogen-bond acceptors (Lipinski definition) is 18. The SMILES string of the molecule is Nc1ncnc2c1ncn2[C@@H]1O[C@@H]2COP(=O)(SCc3ccc(OC(=O)c4ccc(O)cc4)cc3)O[C@H]3[C@@H](F)[C@H](n4cc(-c5ccccc5)c(=O)[nH]c4=O)O[C@@H]3COP(=O)(O)O[C@@H]1C2. The van der Waals surface area contributed by atoms with Crippen molar-refractivity contribution in [2.75, 3.05) is 18.9 Å². The van der Waals surface area contributed by atoms with Crippen molar-refractivity contribution in [2.24, 2.45) is 0 Å². The molecule has 3 fully saturated rings. The number of benzene rings is 3. The molecule has 25 heteroatoms. The lowest BCUT2D eigenvalue weighted by Crippen LogP contribution is -2.37. The van der Waals surface area contributed by atoms with Crippen molar-refractivity contribution in [3.8, 4) is 22.6 Å². The second-order valence-electron chi connectivity index (χ2n) is 14.6. The van der Waals surface area contributed by atoms with Gasteiger partial charge in [-0.1, -0.05) is 42.5 Å². The van der Waals surface area contributed by atoms with Crippen molar-refractivity contribution in [3.63, 3.8) is 0 Å². The van der Waals surface area contributed by atoms with Crippen LogP contribution >= 0.6 is 26.0 Å². The number of nitrogens with zero attached hydrogens (tertiary/aromatic N) is 5. The quantitative estimate of drug-likeness (QED) is 0.0884. The molecule has 21 nitrogen and oxygen atoms in total. The van der Waals surface area contributed by atoms with Crippen LogP contribution in [-0.2, 0) is 42.5 Å². The predicted molar refractivity (Wildman–Crippen MR) is 224 cm³/mol. The Hall–Kier alpha value is -5.58. The van der Waals surface area contributed by atoms with E-state index >= 15 is 4.39 Å². The highest BCUT2D eigenvalue weighted by Gasteiger charge is 2.53. The van der Waals surface area contributed by atoms with Gasteiger partial charge in [-0.15, -0.1) is 0 Å². The number of rotatable bonds is 8. The molecule has 9 atom stereocenters. The number of alkyl halides is 1. The Balaban J connectivity index is 1.01. The largest absolute Gasteiger partial charge is 0.508 e. The van der Waals surface area contributed by atoms with E-state index in [1.54, 1.807) is 42.5 Å². The summed E-state index contributed by atoms with van der Waals surface area (Å²) < 4.78 is 88.4. The van der Waals surface area contributed by atoms with Gasteiger partial charge in [0.15, 0.2) is 30.1 Å². The van der Waals surface area contributed by atoms with Gasteiger partial charge in [0, 0.05) is 18.4 Å². The number of anilines is 1. The fourth-order valence-electron chi connectivity index (χ4n) is 7.26. The van der Waals surface area contributed by atoms with E-state index in [-0.39, 0.29) is 51.8 Å². The number of nitrogens with one attached hydrogen (secondary N) is 1. The Bertz CT molecular complexity index is 2910. The summed E-state index contributed by atoms with van der Waals surface area (Å²) in [6.45, 7) is -5.88. The third-order valence-electron chi connectivity index (χ3n) is 10.4. The summed E-state index contributed by atoms with van der Waals surface area (Å²) in [6.07, 6.45) is -7.48. The number of phenolic OH excluding ortho intramolecular Hbond substituents is 1. The lowest BCUT2D eigenvalue weighted by Gasteiger charge is -2.27. The first-order chi connectivity index (χ1) is 30.7. The van der Waals surface area contributed by atoms with E-state index < -0.39 is 88.1 Å². The molecule has 0 spiro atoms. The van der Waals surface area contributed by atoms with E-state index in [0.29, 0.717) is 22.5 Å². The van der Waals surface area contributed by atoms with Crippen LogP contribution < -0.4 is 21.7 Å². The molecule has 6 aromatic rings. The lowest BCUT2D eigenvalue weighted by molar-refractivity contribution is -0.0640. The molecule has 0 amide bonds. The molecule has 0 aliphatic carbocycles. The summed E-state index contributed by atoms with van der Waals surface area (Å²) >= 11 is 0.671. The number of halogens is 1. The molecule has 3 aliphatic rings. The van der Waals surface area contributed by atoms with Gasteiger partial charge in [-0.25, -0.2) is 38.1 Å². The van der Waals surface area contributed by atoms with Gasteiger partial charge in [-0.3, -0.25) is 37.0 Å². The standard InChI is InChI=1S/C39H36FN7O14P2S/c40-30-32-29(59-37(30)46-15-27(35(49)45-39(46)51)22-4-2-1-3-5-22)17-55-62(52,53)60-28-14-26(57-36(28)47-20-44-31-33(41)42-19-43-34(31)47)16-56-63(54,61-32)64-18-21-6-12-25(13-7-21)58-38(50)23-8-10-24(48)11-9-23/h1-13,15,19-20,26,28-30,32,36-37,48H,14,16-18H2,(H,52,53)(H2,41,42,43)(H,45,49,51)/t26-,28+,29+,30+,32+,36+,37+,63?/m0/s1. The molecule has 3 saturated heterocycles. The van der Waals surface area contributed by atoms with Gasteiger partial charge in [0.2, 0.25) is 0 Å². The van der Waals surface area contributed by atoms with Gasteiger partial charge >= 0.3 is 26.3 Å². The number of imidazole rings is 1. The number of hydrogen-bond donors (Lipinski definition) is 4. The first-order valence-corrected chi connectivity index (χ1v) is 24.0. The topological polar surface area (TPSA) is 281 Å². The van der Waals surface area contributed by atoms with Gasteiger partial charge < -0.3 is 29.9 Å². The zero-order valence-corrected chi connectivity index (χ0v) is 35.5. The number of fused-ring (bicyclic) bond motifs is 4. The molecule has 3 aromatic heterocycles. The van der Waals surface area contributed by atoms with Crippen LogP contribution in [0.25, 0.3) is 22.3 Å². The second kappa shape index (κ2) is 17.8. The van der Waals surface area contributed by atoms with Crippen LogP contribution in [0.1, 0.15) is 34.8 Å². The zero-order valence-electron chi connectivity index (χ0n) is 32.9. The van der Waals surface area contributed by atoms with Gasteiger partial charge in [-0.05, 0) is 58.9 Å². The number of nitrogen functional groups attached to an aromatic ring is 1. The molecule has 9 rings (SSSR count). The lowest BCUT2D eigenvalue weighted by atomic mass is 10.1. The molecule has 6 heterocycles. The molecule has 2 unspecified atom stereocenters. The number of phosphoric acid groups is 1. The average molecular weight is 940 g/mol. The summed E-state index contributed by atoms with van der Waals surface area (Å²) in [7, 11) is -5.05. The first-order valence-electron chi connectivity index (χ1n) is 19.3. The van der Waals surface area contributed by atoms with Crippen LogP contribution in [0.5, 0.6) is 11.5 Å². The van der Waals surface area contributed by atoms with Crippen molar-refractivity contribution < 1.29 is 60.6 Å². The van der Waals surface area contributed by atoms with Gasteiger partial charge in [0.1, 0.15) is 41.7 Å². The molecule has 0 radical (unpaired) electrons. The van der Waals surface area contributed by atoms with Crippen molar-refractivity contribution in [1.29, 1.82) is 0 Å². The summed E-state index contributed by atoms with van der Waals surface area (Å²) in [6, 6.07) is 19.9. The van der Waals surface area contributed by atoms with E-state index in [1.165, 1.54) is 53.6 Å². The maximum absolute atomic E-state index is 16.9. The third kappa shape index (κ3) is 9.18. The molecule has 3 aromatic carbocycles. The van der Waals surface area contributed by atoms with Gasteiger partial charge in [0.05, 0.1) is 36.8 Å². The van der Waals surface area contributed by atoms with Crippen LogP contribution in [0.4, 0.5) is 10.2 Å². The highest BCUT2D eigenvalue weighted by atomic mass is 32.7. The van der Waals surface area contributed by atoms with E-state index in [0.717, 1.165) is 10.8 Å². The molecular weight excluding hydrogens is 903 g/mol. The molecule has 334 valence electrons. The van der Waals surface area contributed by atoms with E-state index in [1.807, 2.05) is 0 Å². The molecule has 5 N–H and O–H groups in total. The second-order valence-corrected chi connectivity index (χ2v) is 20.1. The summed E-state index contributed by atoms with van der Waals surface area (Å²) in [5.74, 6) is -0.507. The minimum absolute atomic E-state index is 0.000817. The minimum atomic E-state index is -5.05. The molecule has 3 aliphatic heterocycles. The number of aromatic hydroxyl groups is 1. The van der Waals surface area contributed by atoms with Gasteiger partial charge in [-0.2, -0.15) is 0 Å². The average Bonchev–Trinajstić information content (AvgIpc) is 3.97. The fourth-order valence-corrected chi connectivity index (χ4v) is 11.6. The molecule has 0 saturated carbocycles. The van der Waals surface area contributed by atoms with Crippen LogP contribution in [0.15, 0.2) is 107 Å². The number of ether oxygens (including phenoxy) is 3. The van der Waals surface area contributed by atoms with Crippen LogP contribution in [0.2, 0.25) is 0 Å². The zero-order chi connectivity index (χ0) is 44.8. The van der Waals surface area contributed by atoms with Crippen molar-refractivity contribution in [3.05, 3.63) is 130 Å². The summed E-state index contributed by atoms with van der Waals surface area (Å²) in [4.78, 5) is 64.4. The normalized spacial score (nSPS) is 28.4. The predicted octanol–water partition coefficient (Wildman–Crippen LogP) is 5.03. The number of carbonyl (C=O) groups excluding carboxylic acids is 1. The maximum Gasteiger partial charge on any atom is 0.472 e. The summed E-state index contributed by atoms with van der Waals surface area (Å²) in [5, 5.41) is 9.54. The molecular formula is C39H36FN7O14P2S. The Morgan fingerprint density at radius 3 is 2.45 bits per heavy atom. The summed E-state index contributed by atoms with van der Waals surface area (Å²) in [5.41, 5.74) is 5.77. The van der Waals surface area contributed by atoms with Crippen LogP contribution in [0, 0.1) is 0 Å². The Kier molecular flexibility index (Phi) is 12.1. The Morgan fingerprint density at radius 1 is 0.922 bits per heavy atom. The Morgan fingerprint density at radius 2 is 1.69 bits per heavy atom. The monoisotopic (exact) mass is 939 g/mol. The number of esters is 1.